The second-order valence-corrected chi connectivity index (χ2v) is 6.27. The van der Waals surface area contributed by atoms with Crippen molar-refractivity contribution in [2.45, 2.75) is 12.8 Å². The minimum absolute atomic E-state index is 0.126. The molecule has 2 aromatic carbocycles. The van der Waals surface area contributed by atoms with Gasteiger partial charge in [0.05, 0.1) is 23.0 Å². The SMILES string of the molecule is Nc1ccccc1NC(=O)C1CCCN(C(=O)Nc2ccccc2F)C1. The van der Waals surface area contributed by atoms with Crippen LogP contribution in [0.2, 0.25) is 0 Å². The highest BCUT2D eigenvalue weighted by Crippen LogP contribution is 2.22. The highest BCUT2D eigenvalue weighted by Gasteiger charge is 2.29. The second-order valence-electron chi connectivity index (χ2n) is 6.27. The molecule has 136 valence electrons. The number of hydrogen-bond acceptors (Lipinski definition) is 3. The predicted molar refractivity (Wildman–Crippen MR) is 99.2 cm³/mol. The molecule has 4 N–H and O–H groups in total. The van der Waals surface area contributed by atoms with E-state index in [0.29, 0.717) is 30.8 Å². The van der Waals surface area contributed by atoms with Crippen molar-refractivity contribution >= 4 is 29.0 Å². The summed E-state index contributed by atoms with van der Waals surface area (Å²) in [6.45, 7) is 0.802. The Morgan fingerprint density at radius 1 is 1.04 bits per heavy atom. The first-order chi connectivity index (χ1) is 12.5. The molecule has 0 spiro atoms. The molecule has 1 aliphatic rings. The van der Waals surface area contributed by atoms with Gasteiger partial charge in [0.2, 0.25) is 5.91 Å². The lowest BCUT2D eigenvalue weighted by molar-refractivity contribution is -0.121. The minimum atomic E-state index is -0.494. The van der Waals surface area contributed by atoms with E-state index in [1.54, 1.807) is 36.4 Å². The predicted octanol–water partition coefficient (Wildman–Crippen LogP) is 3.29. The largest absolute Gasteiger partial charge is 0.397 e. The molecule has 1 heterocycles. The van der Waals surface area contributed by atoms with Crippen molar-refractivity contribution in [2.75, 3.05) is 29.5 Å². The molecular formula is C19H21FN4O2. The summed E-state index contributed by atoms with van der Waals surface area (Å²) in [5.74, 6) is -1.01. The molecule has 1 fully saturated rings. The van der Waals surface area contributed by atoms with Crippen LogP contribution in [0.15, 0.2) is 48.5 Å². The zero-order valence-electron chi connectivity index (χ0n) is 14.2. The van der Waals surface area contributed by atoms with E-state index >= 15 is 0 Å². The first kappa shape index (κ1) is 17.7. The Bertz CT molecular complexity index is 746. The Hall–Kier alpha value is -3.09. The van der Waals surface area contributed by atoms with E-state index in [1.807, 2.05) is 0 Å². The summed E-state index contributed by atoms with van der Waals surface area (Å²) < 4.78 is 13.7. The zero-order chi connectivity index (χ0) is 18.5. The van der Waals surface area contributed by atoms with Crippen LogP contribution in [0.4, 0.5) is 26.2 Å². The van der Waals surface area contributed by atoms with Crippen LogP contribution in [0.5, 0.6) is 0 Å². The molecule has 26 heavy (non-hydrogen) atoms. The maximum absolute atomic E-state index is 13.7. The molecule has 6 nitrogen and oxygen atoms in total. The molecule has 3 amide bonds. The van der Waals surface area contributed by atoms with Gasteiger partial charge in [0.25, 0.3) is 0 Å². The number of anilines is 3. The summed E-state index contributed by atoms with van der Waals surface area (Å²) in [5, 5.41) is 5.37. The second kappa shape index (κ2) is 7.86. The number of carbonyl (C=O) groups excluding carboxylic acids is 2. The fourth-order valence-electron chi connectivity index (χ4n) is 2.98. The Balaban J connectivity index is 1.61. The number of urea groups is 1. The Morgan fingerprint density at radius 2 is 1.73 bits per heavy atom. The van der Waals surface area contributed by atoms with Crippen LogP contribution in [0, 0.1) is 11.7 Å². The van der Waals surface area contributed by atoms with Gasteiger partial charge in [-0.25, -0.2) is 9.18 Å². The Morgan fingerprint density at radius 3 is 2.46 bits per heavy atom. The average molecular weight is 356 g/mol. The van der Waals surface area contributed by atoms with Gasteiger partial charge >= 0.3 is 6.03 Å². The molecule has 1 atom stereocenters. The van der Waals surface area contributed by atoms with Gasteiger partial charge in [0.1, 0.15) is 5.82 Å². The maximum Gasteiger partial charge on any atom is 0.321 e. The molecule has 3 rings (SSSR count). The van der Waals surface area contributed by atoms with Crippen LogP contribution in [0.3, 0.4) is 0 Å². The molecule has 0 saturated carbocycles. The van der Waals surface area contributed by atoms with Crippen molar-refractivity contribution in [3.8, 4) is 0 Å². The molecule has 1 aliphatic heterocycles. The summed E-state index contributed by atoms with van der Waals surface area (Å²) in [6.07, 6.45) is 1.38. The number of rotatable bonds is 3. The molecule has 0 radical (unpaired) electrons. The number of piperidine rings is 1. The standard InChI is InChI=1S/C19H21FN4O2/c20-14-7-1-3-9-16(14)23-19(26)24-11-5-6-13(12-24)18(25)22-17-10-4-2-8-15(17)21/h1-4,7-10,13H,5-6,11-12,21H2,(H,22,25)(H,23,26). The number of nitrogens with two attached hydrogens (primary N) is 1. The van der Waals surface area contributed by atoms with Crippen molar-refractivity contribution in [3.05, 3.63) is 54.3 Å². The zero-order valence-corrected chi connectivity index (χ0v) is 14.2. The number of carbonyl (C=O) groups is 2. The fraction of sp³-hybridized carbons (Fsp3) is 0.263. The van der Waals surface area contributed by atoms with E-state index in [9.17, 15) is 14.0 Å². The van der Waals surface area contributed by atoms with Crippen LogP contribution < -0.4 is 16.4 Å². The molecule has 1 unspecified atom stereocenters. The lowest BCUT2D eigenvalue weighted by Crippen LogP contribution is -2.45. The first-order valence-electron chi connectivity index (χ1n) is 8.50. The number of amides is 3. The molecular weight excluding hydrogens is 335 g/mol. The first-order valence-corrected chi connectivity index (χ1v) is 8.50. The van der Waals surface area contributed by atoms with Crippen LogP contribution in [0.25, 0.3) is 0 Å². The van der Waals surface area contributed by atoms with Gasteiger partial charge in [0.15, 0.2) is 0 Å². The molecule has 0 bridgehead atoms. The van der Waals surface area contributed by atoms with Crippen LogP contribution in [0.1, 0.15) is 12.8 Å². The van der Waals surface area contributed by atoms with Crippen LogP contribution in [-0.4, -0.2) is 29.9 Å². The van der Waals surface area contributed by atoms with Crippen molar-refractivity contribution in [1.29, 1.82) is 0 Å². The van der Waals surface area contributed by atoms with Crippen molar-refractivity contribution in [1.82, 2.24) is 4.90 Å². The molecule has 7 heteroatoms. The highest BCUT2D eigenvalue weighted by atomic mass is 19.1. The average Bonchev–Trinajstić information content (AvgIpc) is 2.65. The van der Waals surface area contributed by atoms with Gasteiger partial charge in [-0.05, 0) is 37.1 Å². The van der Waals surface area contributed by atoms with E-state index in [2.05, 4.69) is 10.6 Å². The topological polar surface area (TPSA) is 87.5 Å². The summed E-state index contributed by atoms with van der Waals surface area (Å²) in [6, 6.07) is 12.6. The summed E-state index contributed by atoms with van der Waals surface area (Å²) >= 11 is 0. The molecule has 1 saturated heterocycles. The normalized spacial score (nSPS) is 16.8. The molecule has 0 aromatic heterocycles. The third kappa shape index (κ3) is 4.11. The molecule has 2 aromatic rings. The number of nitrogens with zero attached hydrogens (tertiary/aromatic N) is 1. The lowest BCUT2D eigenvalue weighted by atomic mass is 9.97. The van der Waals surface area contributed by atoms with Gasteiger partial charge in [-0.1, -0.05) is 24.3 Å². The Labute approximate surface area is 151 Å². The summed E-state index contributed by atoms with van der Waals surface area (Å²) in [4.78, 5) is 26.4. The van der Waals surface area contributed by atoms with Crippen LogP contribution >= 0.6 is 0 Å². The van der Waals surface area contributed by atoms with Gasteiger partial charge in [-0.15, -0.1) is 0 Å². The summed E-state index contributed by atoms with van der Waals surface area (Å²) in [7, 11) is 0. The number of benzene rings is 2. The summed E-state index contributed by atoms with van der Waals surface area (Å²) in [5.41, 5.74) is 7.03. The number of hydrogen-bond donors (Lipinski definition) is 3. The van der Waals surface area contributed by atoms with Gasteiger partial charge in [-0.2, -0.15) is 0 Å². The van der Waals surface area contributed by atoms with E-state index in [0.717, 1.165) is 0 Å². The van der Waals surface area contributed by atoms with Crippen molar-refractivity contribution in [2.24, 2.45) is 5.92 Å². The van der Waals surface area contributed by atoms with Gasteiger partial charge < -0.3 is 21.3 Å². The van der Waals surface area contributed by atoms with E-state index in [4.69, 9.17) is 5.73 Å². The minimum Gasteiger partial charge on any atom is -0.397 e. The molecule has 0 aliphatic carbocycles. The van der Waals surface area contributed by atoms with Crippen molar-refractivity contribution < 1.29 is 14.0 Å². The van der Waals surface area contributed by atoms with E-state index < -0.39 is 11.8 Å². The quantitative estimate of drug-likeness (QED) is 0.738. The van der Waals surface area contributed by atoms with E-state index in [1.165, 1.54) is 17.0 Å². The third-order valence-electron chi connectivity index (χ3n) is 4.41. The Kier molecular flexibility index (Phi) is 5.36. The lowest BCUT2D eigenvalue weighted by Gasteiger charge is -2.32. The third-order valence-corrected chi connectivity index (χ3v) is 4.41. The smallest absolute Gasteiger partial charge is 0.321 e. The monoisotopic (exact) mass is 356 g/mol. The maximum atomic E-state index is 13.7. The number of halogens is 1. The number of nitrogens with one attached hydrogen (secondary N) is 2. The number of para-hydroxylation sites is 3. The highest BCUT2D eigenvalue weighted by molar-refractivity contribution is 5.96. The van der Waals surface area contributed by atoms with Gasteiger partial charge in [0, 0.05) is 13.1 Å². The number of nitrogen functional groups attached to an aromatic ring is 1. The van der Waals surface area contributed by atoms with E-state index in [-0.39, 0.29) is 24.1 Å². The van der Waals surface area contributed by atoms with Gasteiger partial charge in [-0.3, -0.25) is 4.79 Å². The fourth-order valence-corrected chi connectivity index (χ4v) is 2.98. The number of likely N-dealkylation sites (tertiary alicyclic amines) is 1. The van der Waals surface area contributed by atoms with Crippen molar-refractivity contribution in [3.63, 3.8) is 0 Å². The van der Waals surface area contributed by atoms with Crippen LogP contribution in [-0.2, 0) is 4.79 Å².